The number of carbonyl (C=O) groups excluding carboxylic acids is 2. The Bertz CT molecular complexity index is 867. The zero-order valence-corrected chi connectivity index (χ0v) is 16.8. The summed E-state index contributed by atoms with van der Waals surface area (Å²) < 4.78 is 5.92. The maximum absolute atomic E-state index is 12.9. The molecule has 1 aliphatic heterocycles. The molecule has 5 nitrogen and oxygen atoms in total. The minimum atomic E-state index is -0.244. The molecule has 1 saturated carbocycles. The Balaban J connectivity index is 1.39. The lowest BCUT2D eigenvalue weighted by Gasteiger charge is -2.35. The van der Waals surface area contributed by atoms with E-state index in [0.29, 0.717) is 29.6 Å². The number of ether oxygens (including phenoxy) is 1. The van der Waals surface area contributed by atoms with Crippen LogP contribution in [0.15, 0.2) is 54.6 Å². The molecule has 5 heteroatoms. The van der Waals surface area contributed by atoms with Crippen LogP contribution in [-0.2, 0) is 9.59 Å². The van der Waals surface area contributed by atoms with Gasteiger partial charge in [-0.25, -0.2) is 0 Å². The third kappa shape index (κ3) is 4.44. The highest BCUT2D eigenvalue weighted by Crippen LogP contribution is 2.42. The zero-order valence-electron chi connectivity index (χ0n) is 16.8. The van der Waals surface area contributed by atoms with Gasteiger partial charge in [-0.05, 0) is 56.4 Å². The van der Waals surface area contributed by atoms with Crippen molar-refractivity contribution < 1.29 is 14.3 Å². The largest absolute Gasteiger partial charge is 0.455 e. The van der Waals surface area contributed by atoms with E-state index in [1.165, 1.54) is 6.42 Å². The fourth-order valence-electron chi connectivity index (χ4n) is 4.19. The van der Waals surface area contributed by atoms with E-state index in [1.54, 1.807) is 0 Å². The molecule has 1 aliphatic carbocycles. The van der Waals surface area contributed by atoms with Gasteiger partial charge in [0.1, 0.15) is 5.75 Å². The summed E-state index contributed by atoms with van der Waals surface area (Å²) in [6, 6.07) is 17.2. The molecule has 1 saturated heterocycles. The Morgan fingerprint density at radius 2 is 1.79 bits per heavy atom. The average Bonchev–Trinajstić information content (AvgIpc) is 3.56. The Morgan fingerprint density at radius 3 is 2.59 bits per heavy atom. The number of likely N-dealkylation sites (tertiary alicyclic amines) is 1. The van der Waals surface area contributed by atoms with Gasteiger partial charge in [0.15, 0.2) is 5.75 Å². The highest BCUT2D eigenvalue weighted by atomic mass is 16.5. The minimum absolute atomic E-state index is 0.0995. The second-order valence-corrected chi connectivity index (χ2v) is 7.94. The number of nitrogens with one attached hydrogen (secondary N) is 1. The lowest BCUT2D eigenvalue weighted by atomic mass is 9.99. The van der Waals surface area contributed by atoms with Gasteiger partial charge in [0.2, 0.25) is 11.8 Å². The fourth-order valence-corrected chi connectivity index (χ4v) is 4.19. The lowest BCUT2D eigenvalue weighted by molar-refractivity contribution is -0.137. The number of rotatable bonds is 6. The van der Waals surface area contributed by atoms with Crippen LogP contribution in [0.4, 0.5) is 5.69 Å². The predicted octanol–water partition coefficient (Wildman–Crippen LogP) is 4.84. The predicted molar refractivity (Wildman–Crippen MR) is 113 cm³/mol. The van der Waals surface area contributed by atoms with Crippen molar-refractivity contribution in [2.45, 2.75) is 45.1 Å². The molecule has 2 amide bonds. The third-order valence-corrected chi connectivity index (χ3v) is 5.94. The van der Waals surface area contributed by atoms with Gasteiger partial charge in [-0.1, -0.05) is 37.3 Å². The number of amides is 2. The van der Waals surface area contributed by atoms with Crippen LogP contribution in [0.25, 0.3) is 0 Å². The number of anilines is 1. The lowest BCUT2D eigenvalue weighted by Crippen LogP contribution is -2.44. The molecule has 2 aliphatic rings. The number of carbonyl (C=O) groups is 2. The number of benzene rings is 2. The van der Waals surface area contributed by atoms with E-state index in [4.69, 9.17) is 4.74 Å². The molecule has 152 valence electrons. The maximum atomic E-state index is 12.9. The molecule has 4 rings (SSSR count). The van der Waals surface area contributed by atoms with E-state index >= 15 is 0 Å². The molecule has 1 N–H and O–H groups in total. The molecule has 0 bridgehead atoms. The van der Waals surface area contributed by atoms with Crippen LogP contribution in [0.2, 0.25) is 0 Å². The van der Waals surface area contributed by atoms with Gasteiger partial charge >= 0.3 is 0 Å². The summed E-state index contributed by atoms with van der Waals surface area (Å²) in [5, 5.41) is 2.97. The highest BCUT2D eigenvalue weighted by Gasteiger charge is 2.50. The smallest absolute Gasteiger partial charge is 0.228 e. The Hall–Kier alpha value is -2.82. The molecule has 0 radical (unpaired) electrons. The summed E-state index contributed by atoms with van der Waals surface area (Å²) in [5.41, 5.74) is 0.629. The summed E-state index contributed by atoms with van der Waals surface area (Å²) in [6.07, 6.45) is 4.96. The van der Waals surface area contributed by atoms with E-state index in [2.05, 4.69) is 12.2 Å². The maximum Gasteiger partial charge on any atom is 0.228 e. The molecule has 0 spiro atoms. The van der Waals surface area contributed by atoms with Gasteiger partial charge in [0.05, 0.1) is 17.5 Å². The normalized spacial score (nSPS) is 23.3. The van der Waals surface area contributed by atoms with Gasteiger partial charge < -0.3 is 15.0 Å². The van der Waals surface area contributed by atoms with E-state index in [-0.39, 0.29) is 23.7 Å². The number of piperidine rings is 1. The first-order valence-electron chi connectivity index (χ1n) is 10.6. The summed E-state index contributed by atoms with van der Waals surface area (Å²) in [4.78, 5) is 27.7. The molecule has 0 aromatic heterocycles. The Labute approximate surface area is 172 Å². The van der Waals surface area contributed by atoms with Crippen molar-refractivity contribution in [2.75, 3.05) is 11.9 Å². The average molecular weight is 392 g/mol. The van der Waals surface area contributed by atoms with E-state index in [1.807, 2.05) is 59.5 Å². The molecule has 1 heterocycles. The van der Waals surface area contributed by atoms with Crippen LogP contribution < -0.4 is 10.1 Å². The number of hydrogen-bond acceptors (Lipinski definition) is 3. The van der Waals surface area contributed by atoms with Crippen LogP contribution in [0, 0.1) is 11.8 Å². The second kappa shape index (κ2) is 8.68. The van der Waals surface area contributed by atoms with Crippen molar-refractivity contribution in [1.29, 1.82) is 0 Å². The Kier molecular flexibility index (Phi) is 5.84. The number of nitrogens with zero attached hydrogens (tertiary/aromatic N) is 1. The van der Waals surface area contributed by atoms with E-state index < -0.39 is 0 Å². The summed E-state index contributed by atoms with van der Waals surface area (Å²) >= 11 is 0. The van der Waals surface area contributed by atoms with Gasteiger partial charge in [0.25, 0.3) is 0 Å². The molecule has 29 heavy (non-hydrogen) atoms. The van der Waals surface area contributed by atoms with Crippen molar-refractivity contribution >= 4 is 17.5 Å². The van der Waals surface area contributed by atoms with Crippen LogP contribution in [0.5, 0.6) is 11.5 Å². The molecular weight excluding hydrogens is 364 g/mol. The monoisotopic (exact) mass is 392 g/mol. The van der Waals surface area contributed by atoms with Crippen LogP contribution in [0.3, 0.4) is 0 Å². The van der Waals surface area contributed by atoms with Gasteiger partial charge in [-0.3, -0.25) is 9.59 Å². The fraction of sp³-hybridized carbons (Fsp3) is 0.417. The Morgan fingerprint density at radius 1 is 1.03 bits per heavy atom. The van der Waals surface area contributed by atoms with E-state index in [0.717, 1.165) is 25.8 Å². The first-order chi connectivity index (χ1) is 14.2. The van der Waals surface area contributed by atoms with Crippen molar-refractivity contribution in [1.82, 2.24) is 4.90 Å². The molecule has 2 aromatic carbocycles. The highest BCUT2D eigenvalue weighted by molar-refractivity contribution is 6.00. The molecular formula is C24H28N2O3. The summed E-state index contributed by atoms with van der Waals surface area (Å²) in [7, 11) is 0. The molecule has 2 aromatic rings. The van der Waals surface area contributed by atoms with Crippen molar-refractivity contribution in [3.8, 4) is 11.5 Å². The van der Waals surface area contributed by atoms with Gasteiger partial charge in [-0.15, -0.1) is 0 Å². The minimum Gasteiger partial charge on any atom is -0.455 e. The molecule has 2 fully saturated rings. The summed E-state index contributed by atoms with van der Waals surface area (Å²) in [6.45, 7) is 2.97. The number of hydrogen-bond donors (Lipinski definition) is 1. The quantitative estimate of drug-likeness (QED) is 0.765. The molecule has 3 atom stereocenters. The molecule has 3 unspecified atom stereocenters. The van der Waals surface area contributed by atoms with E-state index in [9.17, 15) is 9.59 Å². The first-order valence-corrected chi connectivity index (χ1v) is 10.6. The van der Waals surface area contributed by atoms with Crippen molar-refractivity contribution in [2.24, 2.45) is 11.8 Å². The first kappa shape index (κ1) is 19.5. The topological polar surface area (TPSA) is 58.6 Å². The second-order valence-electron chi connectivity index (χ2n) is 7.94. The standard InChI is InChI=1S/C24H28N2O3/c1-2-17-10-8-9-15-26(17)24(28)20-16-19(20)23(27)25-21-13-6-7-14-22(21)29-18-11-4-3-5-12-18/h3-7,11-14,17,19-20H,2,8-10,15-16H2,1H3,(H,25,27). The van der Waals surface area contributed by atoms with Crippen LogP contribution in [0.1, 0.15) is 39.0 Å². The van der Waals surface area contributed by atoms with Crippen molar-refractivity contribution in [3.05, 3.63) is 54.6 Å². The van der Waals surface area contributed by atoms with Crippen LogP contribution >= 0.6 is 0 Å². The third-order valence-electron chi connectivity index (χ3n) is 5.94. The van der Waals surface area contributed by atoms with Gasteiger partial charge in [-0.2, -0.15) is 0 Å². The van der Waals surface area contributed by atoms with Crippen LogP contribution in [-0.4, -0.2) is 29.3 Å². The number of para-hydroxylation sites is 3. The summed E-state index contributed by atoms with van der Waals surface area (Å²) in [5.74, 6) is 0.946. The van der Waals surface area contributed by atoms with Gasteiger partial charge in [0, 0.05) is 12.6 Å². The zero-order chi connectivity index (χ0) is 20.2. The SMILES string of the molecule is CCC1CCCCN1C(=O)C1CC1C(=O)Nc1ccccc1Oc1ccccc1. The van der Waals surface area contributed by atoms with Crippen molar-refractivity contribution in [3.63, 3.8) is 0 Å².